The Balaban J connectivity index is 2.36. The van der Waals surface area contributed by atoms with Crippen LogP contribution in [-0.4, -0.2) is 21.8 Å². The van der Waals surface area contributed by atoms with Gasteiger partial charge in [-0.2, -0.15) is 0 Å². The second-order valence-electron chi connectivity index (χ2n) is 3.94. The van der Waals surface area contributed by atoms with Crippen LogP contribution in [0.5, 0.6) is 0 Å². The second kappa shape index (κ2) is 6.27. The lowest BCUT2D eigenvalue weighted by Crippen LogP contribution is -2.16. The minimum Gasteiger partial charge on any atom is -0.316 e. The van der Waals surface area contributed by atoms with Gasteiger partial charge < -0.3 is 5.32 Å². The molecule has 0 fully saturated rings. The molecular weight excluding hydrogens is 284 g/mol. The van der Waals surface area contributed by atoms with E-state index in [0.717, 1.165) is 17.0 Å². The molecule has 1 heterocycles. The SMILES string of the molecule is CCn1c(Sc2cc(Cl)ccc2CNC)n[nH]c1=O. The molecule has 0 aliphatic carbocycles. The summed E-state index contributed by atoms with van der Waals surface area (Å²) >= 11 is 7.47. The van der Waals surface area contributed by atoms with E-state index in [0.29, 0.717) is 16.7 Å². The van der Waals surface area contributed by atoms with E-state index in [1.807, 2.05) is 32.2 Å². The second-order valence-corrected chi connectivity index (χ2v) is 5.39. The van der Waals surface area contributed by atoms with Crippen LogP contribution < -0.4 is 11.0 Å². The topological polar surface area (TPSA) is 62.7 Å². The maximum Gasteiger partial charge on any atom is 0.343 e. The Morgan fingerprint density at radius 2 is 2.32 bits per heavy atom. The van der Waals surface area contributed by atoms with Crippen molar-refractivity contribution in [3.8, 4) is 0 Å². The molecule has 19 heavy (non-hydrogen) atoms. The molecular formula is C12H15ClN4OS. The van der Waals surface area contributed by atoms with Crippen LogP contribution in [0.4, 0.5) is 0 Å². The number of H-pyrrole nitrogens is 1. The number of nitrogens with zero attached hydrogens (tertiary/aromatic N) is 2. The fraction of sp³-hybridized carbons (Fsp3) is 0.333. The maximum absolute atomic E-state index is 11.5. The van der Waals surface area contributed by atoms with Crippen LogP contribution in [0.2, 0.25) is 5.02 Å². The molecule has 0 unspecified atom stereocenters. The molecule has 7 heteroatoms. The lowest BCUT2D eigenvalue weighted by Gasteiger charge is -2.09. The fourth-order valence-corrected chi connectivity index (χ4v) is 3.02. The van der Waals surface area contributed by atoms with E-state index in [1.165, 1.54) is 11.8 Å². The standard InChI is InChI=1S/C12H15ClN4OS/c1-3-17-11(18)15-16-12(17)19-10-6-9(13)5-4-8(10)7-14-2/h4-6,14H,3,7H2,1-2H3,(H,15,18). The Hall–Kier alpha value is -1.24. The summed E-state index contributed by atoms with van der Waals surface area (Å²) in [5.41, 5.74) is 0.928. The first kappa shape index (κ1) is 14.2. The molecule has 2 rings (SSSR count). The summed E-state index contributed by atoms with van der Waals surface area (Å²) in [6.45, 7) is 3.23. The molecule has 0 atom stereocenters. The number of halogens is 1. The van der Waals surface area contributed by atoms with Crippen molar-refractivity contribution in [1.29, 1.82) is 0 Å². The number of hydrogen-bond donors (Lipinski definition) is 2. The summed E-state index contributed by atoms with van der Waals surface area (Å²) in [6, 6.07) is 5.72. The molecule has 2 aromatic rings. The third-order valence-electron chi connectivity index (χ3n) is 2.64. The molecule has 2 N–H and O–H groups in total. The zero-order chi connectivity index (χ0) is 13.8. The van der Waals surface area contributed by atoms with Gasteiger partial charge in [0.05, 0.1) is 0 Å². The molecule has 0 saturated heterocycles. The van der Waals surface area contributed by atoms with Crippen LogP contribution in [0.25, 0.3) is 0 Å². The van der Waals surface area contributed by atoms with Gasteiger partial charge in [0.25, 0.3) is 0 Å². The van der Waals surface area contributed by atoms with Gasteiger partial charge >= 0.3 is 5.69 Å². The average molecular weight is 299 g/mol. The molecule has 1 aromatic heterocycles. The average Bonchev–Trinajstić information content (AvgIpc) is 2.73. The zero-order valence-electron chi connectivity index (χ0n) is 10.7. The Morgan fingerprint density at radius 3 is 3.00 bits per heavy atom. The fourth-order valence-electron chi connectivity index (χ4n) is 1.72. The highest BCUT2D eigenvalue weighted by Crippen LogP contribution is 2.30. The van der Waals surface area contributed by atoms with Gasteiger partial charge in [0.15, 0.2) is 5.16 Å². The Kier molecular flexibility index (Phi) is 4.68. The van der Waals surface area contributed by atoms with E-state index in [1.54, 1.807) is 4.57 Å². The van der Waals surface area contributed by atoms with Crippen LogP contribution in [0.15, 0.2) is 33.0 Å². The Bertz CT molecular complexity index is 622. The number of nitrogens with one attached hydrogen (secondary N) is 2. The Morgan fingerprint density at radius 1 is 1.53 bits per heavy atom. The number of aromatic amines is 1. The van der Waals surface area contributed by atoms with Gasteiger partial charge in [0.2, 0.25) is 0 Å². The Labute approximate surface area is 120 Å². The van der Waals surface area contributed by atoms with Crippen molar-refractivity contribution in [2.24, 2.45) is 0 Å². The predicted molar refractivity (Wildman–Crippen MR) is 76.9 cm³/mol. The molecule has 102 valence electrons. The summed E-state index contributed by atoms with van der Waals surface area (Å²) in [5.74, 6) is 0. The van der Waals surface area contributed by atoms with Crippen molar-refractivity contribution in [1.82, 2.24) is 20.1 Å². The van der Waals surface area contributed by atoms with Crippen LogP contribution >= 0.6 is 23.4 Å². The van der Waals surface area contributed by atoms with E-state index in [-0.39, 0.29) is 5.69 Å². The van der Waals surface area contributed by atoms with E-state index in [9.17, 15) is 4.79 Å². The summed E-state index contributed by atoms with van der Waals surface area (Å²) in [6.07, 6.45) is 0. The van der Waals surface area contributed by atoms with Crippen LogP contribution in [0.3, 0.4) is 0 Å². The third kappa shape index (κ3) is 3.20. The highest BCUT2D eigenvalue weighted by atomic mass is 35.5. The molecule has 0 amide bonds. The first-order chi connectivity index (χ1) is 9.15. The van der Waals surface area contributed by atoms with Crippen molar-refractivity contribution < 1.29 is 0 Å². The number of benzene rings is 1. The maximum atomic E-state index is 11.5. The number of rotatable bonds is 5. The van der Waals surface area contributed by atoms with E-state index in [4.69, 9.17) is 11.6 Å². The number of aromatic nitrogens is 3. The van der Waals surface area contributed by atoms with Gasteiger partial charge in [-0.15, -0.1) is 5.10 Å². The lowest BCUT2D eigenvalue weighted by molar-refractivity contribution is 0.660. The van der Waals surface area contributed by atoms with Gasteiger partial charge in [-0.3, -0.25) is 4.57 Å². The van der Waals surface area contributed by atoms with E-state index >= 15 is 0 Å². The summed E-state index contributed by atoms with van der Waals surface area (Å²) in [5, 5.41) is 10.9. The molecule has 0 bridgehead atoms. The van der Waals surface area contributed by atoms with Gasteiger partial charge in [0, 0.05) is 23.0 Å². The normalized spacial score (nSPS) is 10.9. The molecule has 0 aliphatic heterocycles. The quantitative estimate of drug-likeness (QED) is 0.887. The molecule has 0 radical (unpaired) electrons. The van der Waals surface area contributed by atoms with Crippen LogP contribution in [0, 0.1) is 0 Å². The largest absolute Gasteiger partial charge is 0.343 e. The molecule has 5 nitrogen and oxygen atoms in total. The van der Waals surface area contributed by atoms with Gasteiger partial charge in [-0.05, 0) is 43.4 Å². The van der Waals surface area contributed by atoms with Gasteiger partial charge in [0.1, 0.15) is 0 Å². The van der Waals surface area contributed by atoms with Crippen molar-refractivity contribution in [2.45, 2.75) is 30.1 Å². The van der Waals surface area contributed by atoms with Crippen LogP contribution in [-0.2, 0) is 13.1 Å². The third-order valence-corrected chi connectivity index (χ3v) is 3.97. The minimum atomic E-state index is -0.192. The number of hydrogen-bond acceptors (Lipinski definition) is 4. The molecule has 0 aliphatic rings. The highest BCUT2D eigenvalue weighted by molar-refractivity contribution is 7.99. The minimum absolute atomic E-state index is 0.192. The van der Waals surface area contributed by atoms with Crippen molar-refractivity contribution in [3.05, 3.63) is 39.3 Å². The first-order valence-electron chi connectivity index (χ1n) is 5.91. The van der Waals surface area contributed by atoms with Gasteiger partial charge in [-0.1, -0.05) is 17.7 Å². The van der Waals surface area contributed by atoms with Crippen molar-refractivity contribution >= 4 is 23.4 Å². The zero-order valence-corrected chi connectivity index (χ0v) is 12.3. The summed E-state index contributed by atoms with van der Waals surface area (Å²) < 4.78 is 1.59. The summed E-state index contributed by atoms with van der Waals surface area (Å²) in [7, 11) is 1.89. The molecule has 1 aromatic carbocycles. The van der Waals surface area contributed by atoms with Crippen molar-refractivity contribution in [3.63, 3.8) is 0 Å². The lowest BCUT2D eigenvalue weighted by atomic mass is 10.2. The molecule has 0 saturated carbocycles. The van der Waals surface area contributed by atoms with Crippen LogP contribution in [0.1, 0.15) is 12.5 Å². The van der Waals surface area contributed by atoms with E-state index in [2.05, 4.69) is 15.5 Å². The van der Waals surface area contributed by atoms with Gasteiger partial charge in [-0.25, -0.2) is 9.89 Å². The predicted octanol–water partition coefficient (Wildman–Crippen LogP) is 2.12. The monoisotopic (exact) mass is 298 g/mol. The highest BCUT2D eigenvalue weighted by Gasteiger charge is 2.11. The van der Waals surface area contributed by atoms with Crippen molar-refractivity contribution in [2.75, 3.05) is 7.05 Å². The first-order valence-corrected chi connectivity index (χ1v) is 7.11. The summed E-state index contributed by atoms with van der Waals surface area (Å²) in [4.78, 5) is 12.5. The smallest absolute Gasteiger partial charge is 0.316 e. The van der Waals surface area contributed by atoms with E-state index < -0.39 is 0 Å². The molecule has 0 spiro atoms.